The highest BCUT2D eigenvalue weighted by atomic mass is 32.1. The van der Waals surface area contributed by atoms with Crippen LogP contribution in [0.3, 0.4) is 0 Å². The zero-order valence-corrected chi connectivity index (χ0v) is 13.1. The summed E-state index contributed by atoms with van der Waals surface area (Å²) in [4.78, 5) is 27.9. The average Bonchev–Trinajstić information content (AvgIpc) is 2.94. The van der Waals surface area contributed by atoms with Crippen molar-refractivity contribution in [1.29, 1.82) is 0 Å². The van der Waals surface area contributed by atoms with Crippen molar-refractivity contribution in [2.24, 2.45) is 0 Å². The monoisotopic (exact) mass is 294 g/mol. The summed E-state index contributed by atoms with van der Waals surface area (Å²) < 4.78 is 0. The number of piperazine rings is 1. The van der Waals surface area contributed by atoms with Gasteiger partial charge < -0.3 is 10.2 Å². The normalized spacial score (nSPS) is 26.8. The Labute approximate surface area is 124 Å². The minimum atomic E-state index is -0.752. The van der Waals surface area contributed by atoms with E-state index in [9.17, 15) is 9.59 Å². The maximum atomic E-state index is 12.7. The highest BCUT2D eigenvalue weighted by Crippen LogP contribution is 2.23. The van der Waals surface area contributed by atoms with Crippen molar-refractivity contribution in [2.45, 2.75) is 51.6 Å². The van der Waals surface area contributed by atoms with Crippen LogP contribution < -0.4 is 5.32 Å². The van der Waals surface area contributed by atoms with Gasteiger partial charge in [0.25, 0.3) is 0 Å². The van der Waals surface area contributed by atoms with Crippen molar-refractivity contribution in [3.05, 3.63) is 22.4 Å². The van der Waals surface area contributed by atoms with Crippen LogP contribution in [-0.4, -0.2) is 34.8 Å². The Morgan fingerprint density at radius 1 is 1.40 bits per heavy atom. The third kappa shape index (κ3) is 2.73. The minimum absolute atomic E-state index is 0.0253. The summed E-state index contributed by atoms with van der Waals surface area (Å²) in [6.45, 7) is 6.31. The van der Waals surface area contributed by atoms with Crippen LogP contribution in [0.25, 0.3) is 0 Å². The Bertz CT molecular complexity index is 486. The van der Waals surface area contributed by atoms with E-state index in [1.807, 2.05) is 32.2 Å². The van der Waals surface area contributed by atoms with Gasteiger partial charge in [0.05, 0.1) is 0 Å². The first-order valence-electron chi connectivity index (χ1n) is 7.17. The topological polar surface area (TPSA) is 49.4 Å². The Hall–Kier alpha value is -1.36. The fourth-order valence-corrected chi connectivity index (χ4v) is 3.30. The molecule has 0 aliphatic carbocycles. The number of carbonyl (C=O) groups is 2. The van der Waals surface area contributed by atoms with Crippen molar-refractivity contribution >= 4 is 23.2 Å². The number of amides is 2. The van der Waals surface area contributed by atoms with Crippen LogP contribution in [0.15, 0.2) is 17.5 Å². The molecule has 5 heteroatoms. The van der Waals surface area contributed by atoms with Crippen LogP contribution >= 0.6 is 11.3 Å². The second-order valence-electron chi connectivity index (χ2n) is 5.43. The maximum absolute atomic E-state index is 12.7. The summed E-state index contributed by atoms with van der Waals surface area (Å²) in [5.74, 6) is 0.0191. The van der Waals surface area contributed by atoms with E-state index < -0.39 is 5.54 Å². The predicted octanol–water partition coefficient (Wildman–Crippen LogP) is 2.20. The van der Waals surface area contributed by atoms with E-state index in [4.69, 9.17) is 0 Å². The van der Waals surface area contributed by atoms with E-state index in [2.05, 4.69) is 11.4 Å². The van der Waals surface area contributed by atoms with Crippen molar-refractivity contribution in [3.63, 3.8) is 0 Å². The van der Waals surface area contributed by atoms with Crippen molar-refractivity contribution in [3.8, 4) is 0 Å². The van der Waals surface area contributed by atoms with E-state index in [1.165, 1.54) is 4.88 Å². The molecule has 1 saturated heterocycles. The zero-order chi connectivity index (χ0) is 14.8. The van der Waals surface area contributed by atoms with Gasteiger partial charge in [-0.25, -0.2) is 0 Å². The van der Waals surface area contributed by atoms with E-state index in [0.29, 0.717) is 19.4 Å². The molecule has 0 radical (unpaired) electrons. The Morgan fingerprint density at radius 2 is 2.15 bits per heavy atom. The highest BCUT2D eigenvalue weighted by molar-refractivity contribution is 7.09. The molecule has 2 rings (SSSR count). The van der Waals surface area contributed by atoms with Gasteiger partial charge in [0.2, 0.25) is 11.8 Å². The van der Waals surface area contributed by atoms with Gasteiger partial charge in [0, 0.05) is 11.4 Å². The largest absolute Gasteiger partial charge is 0.340 e. The van der Waals surface area contributed by atoms with Crippen LogP contribution in [0.1, 0.15) is 38.5 Å². The van der Waals surface area contributed by atoms with Crippen LogP contribution in [0.4, 0.5) is 0 Å². The SMILES string of the molecule is CCC1C(=O)NC(C)(CC)C(=O)N1CCc1cccs1. The number of nitrogens with zero attached hydrogens (tertiary/aromatic N) is 1. The number of hydrogen-bond donors (Lipinski definition) is 1. The van der Waals surface area contributed by atoms with E-state index in [0.717, 1.165) is 6.42 Å². The molecule has 0 bridgehead atoms. The van der Waals surface area contributed by atoms with Gasteiger partial charge in [-0.05, 0) is 37.6 Å². The standard InChI is InChI=1S/C15H22N2O2S/c1-4-12-13(18)16-15(3,5-2)14(19)17(12)9-8-11-7-6-10-20-11/h6-7,10,12H,4-5,8-9H2,1-3H3,(H,16,18). The van der Waals surface area contributed by atoms with Crippen molar-refractivity contribution < 1.29 is 9.59 Å². The molecule has 1 aromatic rings. The van der Waals surface area contributed by atoms with Gasteiger partial charge in [0.15, 0.2) is 0 Å². The van der Waals surface area contributed by atoms with Crippen LogP contribution in [0, 0.1) is 0 Å². The lowest BCUT2D eigenvalue weighted by Crippen LogP contribution is -2.69. The molecule has 1 aliphatic heterocycles. The Kier molecular flexibility index (Phi) is 4.48. The third-order valence-electron chi connectivity index (χ3n) is 4.08. The molecule has 1 aliphatic rings. The maximum Gasteiger partial charge on any atom is 0.248 e. The van der Waals surface area contributed by atoms with E-state index in [-0.39, 0.29) is 17.9 Å². The van der Waals surface area contributed by atoms with Gasteiger partial charge >= 0.3 is 0 Å². The van der Waals surface area contributed by atoms with Crippen LogP contribution in [0.2, 0.25) is 0 Å². The quantitative estimate of drug-likeness (QED) is 0.905. The molecule has 2 amide bonds. The molecule has 0 aromatic carbocycles. The molecule has 2 heterocycles. The second-order valence-corrected chi connectivity index (χ2v) is 6.46. The molecule has 1 fully saturated rings. The van der Waals surface area contributed by atoms with Gasteiger partial charge in [-0.15, -0.1) is 11.3 Å². The average molecular weight is 294 g/mol. The number of thiophene rings is 1. The highest BCUT2D eigenvalue weighted by Gasteiger charge is 2.45. The molecule has 20 heavy (non-hydrogen) atoms. The van der Waals surface area contributed by atoms with Gasteiger partial charge in [0.1, 0.15) is 11.6 Å². The lowest BCUT2D eigenvalue weighted by Gasteiger charge is -2.44. The van der Waals surface area contributed by atoms with Crippen molar-refractivity contribution in [2.75, 3.05) is 6.54 Å². The summed E-state index contributed by atoms with van der Waals surface area (Å²) in [5, 5.41) is 4.92. The summed E-state index contributed by atoms with van der Waals surface area (Å²) in [6.07, 6.45) is 2.08. The summed E-state index contributed by atoms with van der Waals surface area (Å²) in [5.41, 5.74) is -0.752. The van der Waals surface area contributed by atoms with Gasteiger partial charge in [-0.2, -0.15) is 0 Å². The zero-order valence-electron chi connectivity index (χ0n) is 12.3. The summed E-state index contributed by atoms with van der Waals surface area (Å²) >= 11 is 1.69. The smallest absolute Gasteiger partial charge is 0.248 e. The molecule has 2 unspecified atom stereocenters. The predicted molar refractivity (Wildman–Crippen MR) is 80.7 cm³/mol. The fraction of sp³-hybridized carbons (Fsp3) is 0.600. The molecule has 1 aromatic heterocycles. The summed E-state index contributed by atoms with van der Waals surface area (Å²) in [6, 6.07) is 3.75. The third-order valence-corrected chi connectivity index (χ3v) is 5.02. The molecular formula is C15H22N2O2S. The van der Waals surface area contributed by atoms with Crippen molar-refractivity contribution in [1.82, 2.24) is 10.2 Å². The molecule has 0 saturated carbocycles. The molecule has 1 N–H and O–H groups in total. The fourth-order valence-electron chi connectivity index (χ4n) is 2.60. The Morgan fingerprint density at radius 3 is 2.70 bits per heavy atom. The molecule has 4 nitrogen and oxygen atoms in total. The van der Waals surface area contributed by atoms with Gasteiger partial charge in [-0.1, -0.05) is 19.9 Å². The Balaban J connectivity index is 2.16. The first-order valence-corrected chi connectivity index (χ1v) is 8.05. The molecule has 110 valence electrons. The second kappa shape index (κ2) is 5.95. The number of hydrogen-bond acceptors (Lipinski definition) is 3. The molecule has 2 atom stereocenters. The first kappa shape index (κ1) is 15.0. The number of nitrogens with one attached hydrogen (secondary N) is 1. The minimum Gasteiger partial charge on any atom is -0.340 e. The first-order chi connectivity index (χ1) is 9.51. The summed E-state index contributed by atoms with van der Waals surface area (Å²) in [7, 11) is 0. The lowest BCUT2D eigenvalue weighted by atomic mass is 9.91. The molecular weight excluding hydrogens is 272 g/mol. The number of rotatable bonds is 5. The van der Waals surface area contributed by atoms with Gasteiger partial charge in [-0.3, -0.25) is 9.59 Å². The molecule has 0 spiro atoms. The van der Waals surface area contributed by atoms with Crippen LogP contribution in [0.5, 0.6) is 0 Å². The lowest BCUT2D eigenvalue weighted by molar-refractivity contribution is -0.154. The number of carbonyl (C=O) groups excluding carboxylic acids is 2. The van der Waals surface area contributed by atoms with E-state index in [1.54, 1.807) is 16.2 Å². The van der Waals surface area contributed by atoms with E-state index >= 15 is 0 Å². The van der Waals surface area contributed by atoms with Crippen LogP contribution in [-0.2, 0) is 16.0 Å².